The molecule has 0 aromatic rings. The maximum absolute atomic E-state index is 13.3. The van der Waals surface area contributed by atoms with E-state index in [-0.39, 0.29) is 34.9 Å². The van der Waals surface area contributed by atoms with Crippen LogP contribution in [-0.4, -0.2) is 74.4 Å². The average Bonchev–Trinajstić information content (AvgIpc) is 2.90. The van der Waals surface area contributed by atoms with Crippen LogP contribution >= 0.6 is 0 Å². The van der Waals surface area contributed by atoms with Crippen molar-refractivity contribution in [3.8, 4) is 0 Å². The molecule has 40 heavy (non-hydrogen) atoms. The van der Waals surface area contributed by atoms with Gasteiger partial charge in [0.1, 0.15) is 6.10 Å². The van der Waals surface area contributed by atoms with E-state index in [0.717, 1.165) is 6.08 Å². The lowest BCUT2D eigenvalue weighted by molar-refractivity contribution is -0.120. The van der Waals surface area contributed by atoms with E-state index in [1.165, 1.54) is 34.3 Å². The molecule has 0 saturated carbocycles. The van der Waals surface area contributed by atoms with Gasteiger partial charge in [0, 0.05) is 37.4 Å². The van der Waals surface area contributed by atoms with Gasteiger partial charge in [-0.25, -0.2) is 4.79 Å². The number of fused-ring (bicyclic) bond motifs is 2. The summed E-state index contributed by atoms with van der Waals surface area (Å²) < 4.78 is 21.7. The van der Waals surface area contributed by atoms with Crippen molar-refractivity contribution >= 4 is 23.6 Å². The molecule has 1 aliphatic heterocycles. The number of amides is 2. The highest BCUT2D eigenvalue weighted by molar-refractivity contribution is 6.23. The van der Waals surface area contributed by atoms with Gasteiger partial charge >= 0.3 is 6.09 Å². The van der Waals surface area contributed by atoms with E-state index in [2.05, 4.69) is 5.32 Å². The number of aliphatic hydroxyl groups is 1. The number of aliphatic hydroxyl groups excluding tert-OH is 1. The molecule has 4 N–H and O–H groups in total. The smallest absolute Gasteiger partial charge is 0.405 e. The molecule has 1 heterocycles. The number of allylic oxidation sites excluding steroid dienone is 4. The fourth-order valence-electron chi connectivity index (χ4n) is 4.78. The van der Waals surface area contributed by atoms with Crippen LogP contribution in [0.5, 0.6) is 0 Å². The standard InChI is InChI=1S/C29H40N2O9/c1-15-11-19-25(34)20(14-21(32)27(19)39-7)31-28(35)16(2)9-8-10-22(37-5)26(40-29(30)36)18(4)13-17(3)24(33)23(12-15)38-6/h8-10,13-15,17,22-24,26,33H,11-12H2,1-7H3,(H2,30,36)(H,31,35)/b10-8-,16-9+,18-13+/t15-,17+,22+,23-,24+,26-/m0/s1. The lowest BCUT2D eigenvalue weighted by atomic mass is 9.85. The summed E-state index contributed by atoms with van der Waals surface area (Å²) in [4.78, 5) is 50.6. The predicted molar refractivity (Wildman–Crippen MR) is 147 cm³/mol. The van der Waals surface area contributed by atoms with Crippen LogP contribution in [0.2, 0.25) is 0 Å². The van der Waals surface area contributed by atoms with Gasteiger partial charge in [0.05, 0.1) is 25.0 Å². The number of ether oxygens (including phenoxy) is 4. The lowest BCUT2D eigenvalue weighted by Gasteiger charge is -2.29. The number of rotatable bonds is 4. The molecule has 0 saturated heterocycles. The van der Waals surface area contributed by atoms with Gasteiger partial charge in [0.2, 0.25) is 11.6 Å². The minimum Gasteiger partial charge on any atom is -0.492 e. The molecule has 0 aromatic carbocycles. The molecule has 2 bridgehead atoms. The summed E-state index contributed by atoms with van der Waals surface area (Å²) in [6, 6.07) is 0. The second kappa shape index (κ2) is 14.7. The number of Topliss-reactive ketones (excluding diaryl/α,β-unsaturated/α-hetero) is 1. The summed E-state index contributed by atoms with van der Waals surface area (Å²) in [5, 5.41) is 13.7. The molecular formula is C29H40N2O9. The van der Waals surface area contributed by atoms with Crippen LogP contribution in [0, 0.1) is 11.8 Å². The van der Waals surface area contributed by atoms with Gasteiger partial charge in [-0.15, -0.1) is 0 Å². The summed E-state index contributed by atoms with van der Waals surface area (Å²) in [5.41, 5.74) is 6.12. The molecule has 2 amide bonds. The SMILES string of the molecule is COC1=C2C[C@H](C)C[C@H](OC)[C@H](O)[C@H](C)/C=C(\C)[C@H](OC(N)=O)[C@H](OC)/C=C\C=C(/C)C(=O)NC(=CC1=O)C2=O. The van der Waals surface area contributed by atoms with Crippen LogP contribution in [0.25, 0.3) is 0 Å². The summed E-state index contributed by atoms with van der Waals surface area (Å²) in [6.07, 6.45) is 3.61. The highest BCUT2D eigenvalue weighted by Crippen LogP contribution is 2.29. The van der Waals surface area contributed by atoms with Crippen molar-refractivity contribution in [1.82, 2.24) is 5.32 Å². The third kappa shape index (κ3) is 8.23. The molecule has 220 valence electrons. The number of hydrogen-bond donors (Lipinski definition) is 3. The first-order valence-electron chi connectivity index (χ1n) is 13.0. The largest absolute Gasteiger partial charge is 0.492 e. The Labute approximate surface area is 234 Å². The molecule has 0 radical (unpaired) electrons. The Hall–Kier alpha value is -3.54. The normalized spacial score (nSPS) is 32.7. The van der Waals surface area contributed by atoms with Gasteiger partial charge in [-0.1, -0.05) is 38.2 Å². The van der Waals surface area contributed by atoms with E-state index < -0.39 is 53.9 Å². The number of carbonyl (C=O) groups excluding carboxylic acids is 4. The first kappa shape index (κ1) is 32.7. The number of nitrogens with one attached hydrogen (secondary N) is 1. The van der Waals surface area contributed by atoms with Gasteiger partial charge in [0.15, 0.2) is 11.9 Å². The van der Waals surface area contributed by atoms with E-state index in [0.29, 0.717) is 12.0 Å². The van der Waals surface area contributed by atoms with E-state index >= 15 is 0 Å². The molecule has 0 spiro atoms. The second-order valence-electron chi connectivity index (χ2n) is 10.1. The molecule has 1 aliphatic carbocycles. The van der Waals surface area contributed by atoms with E-state index in [4.69, 9.17) is 24.7 Å². The number of carbonyl (C=O) groups is 4. The first-order chi connectivity index (χ1) is 18.8. The highest BCUT2D eigenvalue weighted by Gasteiger charge is 2.34. The number of primary amides is 1. The van der Waals surface area contributed by atoms with Crippen LogP contribution in [0.15, 0.2) is 58.6 Å². The molecule has 11 heteroatoms. The van der Waals surface area contributed by atoms with E-state index in [1.807, 2.05) is 6.92 Å². The third-order valence-electron chi connectivity index (χ3n) is 6.95. The Morgan fingerprint density at radius 3 is 2.35 bits per heavy atom. The van der Waals surface area contributed by atoms with Crippen molar-refractivity contribution < 1.29 is 43.2 Å². The number of hydrogen-bond acceptors (Lipinski definition) is 9. The van der Waals surface area contributed by atoms with Crippen LogP contribution in [0.1, 0.15) is 40.5 Å². The fourth-order valence-corrected chi connectivity index (χ4v) is 4.78. The number of nitrogens with two attached hydrogens (primary N) is 1. The van der Waals surface area contributed by atoms with Gasteiger partial charge in [0.25, 0.3) is 5.91 Å². The van der Waals surface area contributed by atoms with Crippen molar-refractivity contribution in [1.29, 1.82) is 0 Å². The van der Waals surface area contributed by atoms with Gasteiger partial charge < -0.3 is 35.1 Å². The zero-order valence-electron chi connectivity index (χ0n) is 24.1. The predicted octanol–water partition coefficient (Wildman–Crippen LogP) is 2.41. The fraction of sp³-hybridized carbons (Fsp3) is 0.517. The third-order valence-corrected chi connectivity index (χ3v) is 6.95. The Kier molecular flexibility index (Phi) is 12.0. The molecule has 0 unspecified atom stereocenters. The Bertz CT molecular complexity index is 1150. The Morgan fingerprint density at radius 1 is 1.10 bits per heavy atom. The average molecular weight is 561 g/mol. The van der Waals surface area contributed by atoms with Crippen LogP contribution in [0.3, 0.4) is 0 Å². The monoisotopic (exact) mass is 560 g/mol. The van der Waals surface area contributed by atoms with Gasteiger partial charge in [-0.2, -0.15) is 0 Å². The van der Waals surface area contributed by atoms with E-state index in [9.17, 15) is 24.3 Å². The van der Waals surface area contributed by atoms with Crippen molar-refractivity contribution in [2.75, 3.05) is 21.3 Å². The molecular weight excluding hydrogens is 520 g/mol. The van der Waals surface area contributed by atoms with Gasteiger partial charge in [-0.3, -0.25) is 14.4 Å². The first-order valence-corrected chi connectivity index (χ1v) is 13.0. The number of ketones is 2. The zero-order chi connectivity index (χ0) is 30.1. The maximum Gasteiger partial charge on any atom is 0.405 e. The maximum atomic E-state index is 13.3. The van der Waals surface area contributed by atoms with Crippen molar-refractivity contribution in [2.24, 2.45) is 17.6 Å². The quantitative estimate of drug-likeness (QED) is 0.346. The topological polar surface area (TPSA) is 163 Å². The van der Waals surface area contributed by atoms with Crippen LogP contribution < -0.4 is 11.1 Å². The summed E-state index contributed by atoms with van der Waals surface area (Å²) in [5.74, 6) is -2.39. The van der Waals surface area contributed by atoms with Crippen LogP contribution in [-0.2, 0) is 33.3 Å². The lowest BCUT2D eigenvalue weighted by Crippen LogP contribution is -2.37. The number of methoxy groups -OCH3 is 3. The summed E-state index contributed by atoms with van der Waals surface area (Å²) >= 11 is 0. The second-order valence-corrected chi connectivity index (χ2v) is 10.1. The van der Waals surface area contributed by atoms with Crippen molar-refractivity contribution in [2.45, 2.75) is 65.0 Å². The van der Waals surface area contributed by atoms with Gasteiger partial charge in [-0.05, 0) is 38.2 Å². The molecule has 2 aliphatic rings. The zero-order valence-corrected chi connectivity index (χ0v) is 24.1. The summed E-state index contributed by atoms with van der Waals surface area (Å²) in [7, 11) is 4.21. The van der Waals surface area contributed by atoms with E-state index in [1.54, 1.807) is 32.1 Å². The molecule has 11 nitrogen and oxygen atoms in total. The molecule has 2 rings (SSSR count). The Balaban J connectivity index is 2.60. The highest BCUT2D eigenvalue weighted by atomic mass is 16.6. The minimum absolute atomic E-state index is 0.0801. The minimum atomic E-state index is -1.00. The Morgan fingerprint density at radius 2 is 1.77 bits per heavy atom. The molecule has 6 atom stereocenters. The van der Waals surface area contributed by atoms with Crippen LogP contribution in [0.4, 0.5) is 4.79 Å². The molecule has 0 aromatic heterocycles. The van der Waals surface area contributed by atoms with Crippen molar-refractivity contribution in [3.63, 3.8) is 0 Å². The summed E-state index contributed by atoms with van der Waals surface area (Å²) in [6.45, 7) is 6.92. The molecule has 0 fully saturated rings. The van der Waals surface area contributed by atoms with Crippen molar-refractivity contribution in [3.05, 3.63) is 58.6 Å².